The van der Waals surface area contributed by atoms with Crippen LogP contribution in [0.1, 0.15) is 47.8 Å². The second-order valence-electron chi connectivity index (χ2n) is 7.17. The van der Waals surface area contributed by atoms with Crippen molar-refractivity contribution in [1.29, 1.82) is 0 Å². The fraction of sp³-hybridized carbons (Fsp3) is 0.273. The Labute approximate surface area is 175 Å². The topological polar surface area (TPSA) is 79.5 Å². The summed E-state index contributed by atoms with van der Waals surface area (Å²) in [6.45, 7) is 5.36. The molecule has 3 rings (SSSR count). The summed E-state index contributed by atoms with van der Waals surface area (Å²) in [6.07, 6.45) is 0.608. The number of carboxylic acid groups (broad SMARTS) is 1. The number of aromatic hydroxyl groups is 1. The highest BCUT2D eigenvalue weighted by Crippen LogP contribution is 2.39. The molecule has 152 valence electrons. The normalized spacial score (nSPS) is 13.4. The lowest BCUT2D eigenvalue weighted by Crippen LogP contribution is -2.21. The van der Waals surface area contributed by atoms with Crippen molar-refractivity contribution >= 4 is 38.7 Å². The predicted molar refractivity (Wildman–Crippen MR) is 112 cm³/mol. The summed E-state index contributed by atoms with van der Waals surface area (Å²) < 4.78 is 16.3. The smallest absolute Gasteiger partial charge is 0.311 e. The molecule has 1 aromatic heterocycles. The first kappa shape index (κ1) is 21.0. The first-order valence-electron chi connectivity index (χ1n) is 9.23. The van der Waals surface area contributed by atoms with Crippen LogP contribution in [0.15, 0.2) is 40.9 Å². The van der Waals surface area contributed by atoms with Gasteiger partial charge in [0.05, 0.1) is 11.4 Å². The molecule has 2 aromatic carbocycles. The van der Waals surface area contributed by atoms with Crippen molar-refractivity contribution in [2.45, 2.75) is 33.1 Å². The predicted octanol–water partition coefficient (Wildman–Crippen LogP) is 5.46. The molecule has 3 aromatic rings. The molecule has 0 radical (unpaired) electrons. The van der Waals surface area contributed by atoms with Gasteiger partial charge < -0.3 is 10.2 Å². The Bertz CT molecular complexity index is 1100. The quantitative estimate of drug-likeness (QED) is 0.528. The molecule has 0 fully saturated rings. The van der Waals surface area contributed by atoms with Crippen molar-refractivity contribution in [3.8, 4) is 5.75 Å². The molecule has 0 spiro atoms. The van der Waals surface area contributed by atoms with Crippen LogP contribution in [-0.2, 0) is 4.79 Å². The van der Waals surface area contributed by atoms with Gasteiger partial charge >= 0.3 is 5.97 Å². The monoisotopic (exact) mass is 461 g/mol. The molecule has 0 bridgehead atoms. The van der Waals surface area contributed by atoms with Crippen molar-refractivity contribution in [3.63, 3.8) is 0 Å². The number of halogens is 2. The molecule has 0 saturated heterocycles. The van der Waals surface area contributed by atoms with Gasteiger partial charge in [0.2, 0.25) is 0 Å². The van der Waals surface area contributed by atoms with Crippen LogP contribution in [0.5, 0.6) is 5.75 Å². The zero-order valence-electron chi connectivity index (χ0n) is 16.2. The first-order valence-corrected chi connectivity index (χ1v) is 10.0. The van der Waals surface area contributed by atoms with Crippen LogP contribution in [0.2, 0.25) is 0 Å². The van der Waals surface area contributed by atoms with Gasteiger partial charge in [-0.25, -0.2) is 4.39 Å². The van der Waals surface area contributed by atoms with Crippen LogP contribution < -0.4 is 0 Å². The van der Waals surface area contributed by atoms with Crippen molar-refractivity contribution < 1.29 is 24.2 Å². The second-order valence-corrected chi connectivity index (χ2v) is 8.08. The Morgan fingerprint density at radius 1 is 1.21 bits per heavy atom. The summed E-state index contributed by atoms with van der Waals surface area (Å²) in [5.41, 5.74) is 1.45. The van der Waals surface area contributed by atoms with Gasteiger partial charge in [-0.1, -0.05) is 36.2 Å². The third-order valence-corrected chi connectivity index (χ3v) is 5.93. The molecule has 0 aliphatic carbocycles. The maximum Gasteiger partial charge on any atom is 0.311 e. The minimum atomic E-state index is -1.03. The number of phenols is 1. The summed E-state index contributed by atoms with van der Waals surface area (Å²) in [7, 11) is 0. The molecule has 2 N–H and O–H groups in total. The van der Waals surface area contributed by atoms with E-state index in [1.165, 1.54) is 10.6 Å². The van der Waals surface area contributed by atoms with Crippen LogP contribution in [0, 0.1) is 18.7 Å². The number of hydrogen-bond acceptors (Lipinski definition) is 3. The molecule has 29 heavy (non-hydrogen) atoms. The maximum absolute atomic E-state index is 14.2. The minimum absolute atomic E-state index is 0.222. The highest BCUT2D eigenvalue weighted by molar-refractivity contribution is 9.10. The lowest BCUT2D eigenvalue weighted by atomic mass is 9.84. The third kappa shape index (κ3) is 3.67. The largest absolute Gasteiger partial charge is 0.505 e. The van der Waals surface area contributed by atoms with E-state index in [1.54, 1.807) is 31.2 Å². The van der Waals surface area contributed by atoms with Crippen LogP contribution >= 0.6 is 15.9 Å². The summed E-state index contributed by atoms with van der Waals surface area (Å²) in [6, 6.07) is 9.00. The van der Waals surface area contributed by atoms with E-state index in [-0.39, 0.29) is 11.4 Å². The Hall–Kier alpha value is -2.67. The summed E-state index contributed by atoms with van der Waals surface area (Å²) in [4.78, 5) is 25.3. The highest BCUT2D eigenvalue weighted by atomic mass is 79.9. The average molecular weight is 462 g/mol. The molecule has 0 aliphatic rings. The van der Waals surface area contributed by atoms with E-state index in [4.69, 9.17) is 0 Å². The van der Waals surface area contributed by atoms with Crippen molar-refractivity contribution in [3.05, 3.63) is 63.5 Å². The van der Waals surface area contributed by atoms with Gasteiger partial charge in [-0.05, 0) is 48.7 Å². The Balaban J connectivity index is 2.35. The number of hydrogen-bond donors (Lipinski definition) is 2. The van der Waals surface area contributed by atoms with E-state index in [0.29, 0.717) is 28.6 Å². The number of aliphatic carboxylic acids is 1. The number of carboxylic acids is 1. The SMILES string of the molecule is CCC(C)[C@H](C(=O)O)c1c(C)n(C(=O)c2ccc(Br)cc2)c2cc(F)c(O)cc12. The van der Waals surface area contributed by atoms with E-state index in [9.17, 15) is 24.2 Å². The maximum atomic E-state index is 14.2. The summed E-state index contributed by atoms with van der Waals surface area (Å²) >= 11 is 3.32. The van der Waals surface area contributed by atoms with Crippen LogP contribution in [0.25, 0.3) is 10.9 Å². The molecule has 1 heterocycles. The number of benzene rings is 2. The van der Waals surface area contributed by atoms with Crippen molar-refractivity contribution in [2.75, 3.05) is 0 Å². The van der Waals surface area contributed by atoms with Gasteiger partial charge in [-0.3, -0.25) is 14.2 Å². The van der Waals surface area contributed by atoms with E-state index in [1.807, 2.05) is 13.8 Å². The van der Waals surface area contributed by atoms with Crippen molar-refractivity contribution in [2.24, 2.45) is 5.92 Å². The number of nitrogens with zero attached hydrogens (tertiary/aromatic N) is 1. The highest BCUT2D eigenvalue weighted by Gasteiger charge is 2.33. The molecular formula is C22H21BrFNO4. The second kappa shape index (κ2) is 7.99. The van der Waals surface area contributed by atoms with Gasteiger partial charge in [-0.15, -0.1) is 0 Å². The van der Waals surface area contributed by atoms with E-state index in [2.05, 4.69) is 15.9 Å². The summed E-state index contributed by atoms with van der Waals surface area (Å²) in [5.74, 6) is -4.00. The molecule has 1 unspecified atom stereocenters. The zero-order valence-corrected chi connectivity index (χ0v) is 17.8. The number of carbonyl (C=O) groups excluding carboxylic acids is 1. The molecule has 2 atom stereocenters. The van der Waals surface area contributed by atoms with Gasteiger partial charge in [0.1, 0.15) is 0 Å². The first-order chi connectivity index (χ1) is 13.7. The lowest BCUT2D eigenvalue weighted by Gasteiger charge is -2.20. The molecule has 0 amide bonds. The molecule has 0 saturated carbocycles. The fourth-order valence-electron chi connectivity index (χ4n) is 3.71. The van der Waals surface area contributed by atoms with Crippen LogP contribution in [0.3, 0.4) is 0 Å². The number of aromatic nitrogens is 1. The Kier molecular flexibility index (Phi) is 5.80. The van der Waals surface area contributed by atoms with Crippen LogP contribution in [0.4, 0.5) is 4.39 Å². The Morgan fingerprint density at radius 3 is 2.38 bits per heavy atom. The van der Waals surface area contributed by atoms with E-state index < -0.39 is 29.4 Å². The van der Waals surface area contributed by atoms with Gasteiger partial charge in [-0.2, -0.15) is 0 Å². The molecular weight excluding hydrogens is 441 g/mol. The van der Waals surface area contributed by atoms with Crippen molar-refractivity contribution in [1.82, 2.24) is 4.57 Å². The third-order valence-electron chi connectivity index (χ3n) is 5.41. The minimum Gasteiger partial charge on any atom is -0.505 e. The summed E-state index contributed by atoms with van der Waals surface area (Å²) in [5, 5.41) is 20.2. The number of rotatable bonds is 5. The molecule has 5 nitrogen and oxygen atoms in total. The van der Waals surface area contributed by atoms with Gasteiger partial charge in [0, 0.05) is 27.2 Å². The van der Waals surface area contributed by atoms with E-state index in [0.717, 1.165) is 10.5 Å². The molecule has 0 aliphatic heterocycles. The fourth-order valence-corrected chi connectivity index (χ4v) is 3.98. The number of fused-ring (bicyclic) bond motifs is 1. The van der Waals surface area contributed by atoms with Gasteiger partial charge in [0.25, 0.3) is 5.91 Å². The Morgan fingerprint density at radius 2 is 1.83 bits per heavy atom. The number of carbonyl (C=O) groups is 2. The average Bonchev–Trinajstić information content (AvgIpc) is 2.93. The number of phenolic OH excluding ortho intramolecular Hbond substituents is 1. The lowest BCUT2D eigenvalue weighted by molar-refractivity contribution is -0.140. The standard InChI is InChI=1S/C22H21BrFNO4/c1-4-11(2)19(22(28)29)20-12(3)25(17-10-16(24)18(26)9-15(17)20)21(27)13-5-7-14(23)8-6-13/h5-11,19,26H,4H2,1-3H3,(H,28,29)/t11?,19-/m0/s1. The zero-order chi connectivity index (χ0) is 21.5. The van der Waals surface area contributed by atoms with Gasteiger partial charge in [0.15, 0.2) is 11.6 Å². The van der Waals surface area contributed by atoms with Crippen LogP contribution in [-0.4, -0.2) is 26.7 Å². The molecule has 7 heteroatoms. The van der Waals surface area contributed by atoms with E-state index >= 15 is 0 Å².